The molecule has 0 spiro atoms. The molecule has 1 atom stereocenters. The van der Waals surface area contributed by atoms with E-state index in [-0.39, 0.29) is 6.61 Å². The Bertz CT molecular complexity index is 180. The fraction of sp³-hybridized carbons (Fsp3) is 1.00. The number of hydrogen-bond acceptors (Lipinski definition) is 2. The van der Waals surface area contributed by atoms with Crippen LogP contribution in [0.1, 0.15) is 103 Å². The molecule has 0 fully saturated rings. The van der Waals surface area contributed by atoms with E-state index in [1.807, 2.05) is 7.05 Å². The summed E-state index contributed by atoms with van der Waals surface area (Å²) in [7, 11) is 1.94. The number of aliphatic hydroxyl groups is 1. The molecule has 0 bridgehead atoms. The summed E-state index contributed by atoms with van der Waals surface area (Å²) in [6.07, 6.45) is 20.8. The zero-order valence-corrected chi connectivity index (χ0v) is 14.8. The molecule has 0 aromatic heterocycles. The van der Waals surface area contributed by atoms with Gasteiger partial charge in [-0.15, -0.1) is 0 Å². The lowest BCUT2D eigenvalue weighted by Crippen LogP contribution is -2.28. The lowest BCUT2D eigenvalue weighted by atomic mass is 10.0. The van der Waals surface area contributed by atoms with Crippen molar-refractivity contribution in [2.45, 2.75) is 109 Å². The minimum Gasteiger partial charge on any atom is -0.395 e. The van der Waals surface area contributed by atoms with Crippen molar-refractivity contribution in [3.8, 4) is 0 Å². The van der Waals surface area contributed by atoms with Gasteiger partial charge in [0.25, 0.3) is 0 Å². The highest BCUT2D eigenvalue weighted by molar-refractivity contribution is 4.62. The van der Waals surface area contributed by atoms with Gasteiger partial charge in [0.2, 0.25) is 0 Å². The first-order valence-electron chi connectivity index (χ1n) is 9.63. The first-order valence-corrected chi connectivity index (χ1v) is 9.63. The molecule has 0 heterocycles. The fourth-order valence-corrected chi connectivity index (χ4v) is 2.91. The van der Waals surface area contributed by atoms with Crippen LogP contribution in [0.25, 0.3) is 0 Å². The molecule has 0 aromatic carbocycles. The van der Waals surface area contributed by atoms with Gasteiger partial charge in [0.1, 0.15) is 0 Å². The summed E-state index contributed by atoms with van der Waals surface area (Å²) in [5.41, 5.74) is 0. The molecule has 0 saturated carbocycles. The van der Waals surface area contributed by atoms with Crippen molar-refractivity contribution < 1.29 is 5.11 Å². The monoisotopic (exact) mass is 299 g/mol. The number of hydrogen-bond donors (Lipinski definition) is 2. The number of likely N-dealkylation sites (N-methyl/N-ethyl adjacent to an activating group) is 1. The molecule has 2 heteroatoms. The number of nitrogens with one attached hydrogen (secondary N) is 1. The van der Waals surface area contributed by atoms with Gasteiger partial charge in [0, 0.05) is 6.04 Å². The minimum atomic E-state index is 0.273. The van der Waals surface area contributed by atoms with E-state index in [9.17, 15) is 0 Å². The van der Waals surface area contributed by atoms with Crippen LogP contribution >= 0.6 is 0 Å². The van der Waals surface area contributed by atoms with Gasteiger partial charge < -0.3 is 10.4 Å². The van der Waals surface area contributed by atoms with Crippen LogP contribution in [-0.4, -0.2) is 24.8 Å². The predicted octanol–water partition coefficient (Wildman–Crippen LogP) is 5.44. The Labute approximate surface area is 134 Å². The second kappa shape index (κ2) is 18.0. The maximum Gasteiger partial charge on any atom is 0.0584 e. The molecule has 0 aromatic rings. The molecule has 0 aliphatic heterocycles. The lowest BCUT2D eigenvalue weighted by Gasteiger charge is -2.12. The van der Waals surface area contributed by atoms with Crippen molar-refractivity contribution in [1.82, 2.24) is 5.32 Å². The third-order valence-corrected chi connectivity index (χ3v) is 4.53. The quantitative estimate of drug-likeness (QED) is 0.351. The van der Waals surface area contributed by atoms with Crippen molar-refractivity contribution in [1.29, 1.82) is 0 Å². The summed E-state index contributed by atoms with van der Waals surface area (Å²) in [6, 6.07) is 0.308. The Morgan fingerprint density at radius 2 is 1.05 bits per heavy atom. The Balaban J connectivity index is 3.02. The van der Waals surface area contributed by atoms with Crippen LogP contribution in [0.2, 0.25) is 0 Å². The van der Waals surface area contributed by atoms with E-state index in [0.717, 1.165) is 6.42 Å². The van der Waals surface area contributed by atoms with Crippen molar-refractivity contribution >= 4 is 0 Å². The number of rotatable bonds is 17. The van der Waals surface area contributed by atoms with Crippen molar-refractivity contribution in [3.05, 3.63) is 0 Å². The van der Waals surface area contributed by atoms with Crippen LogP contribution in [0.3, 0.4) is 0 Å². The average Bonchev–Trinajstić information content (AvgIpc) is 2.51. The van der Waals surface area contributed by atoms with Gasteiger partial charge >= 0.3 is 0 Å². The summed E-state index contributed by atoms with van der Waals surface area (Å²) in [4.78, 5) is 0. The zero-order valence-electron chi connectivity index (χ0n) is 14.8. The fourth-order valence-electron chi connectivity index (χ4n) is 2.91. The SMILES string of the molecule is CCCCCCCCCCCCCCCCC(CO)NC. The van der Waals surface area contributed by atoms with E-state index in [1.165, 1.54) is 89.9 Å². The molecule has 0 aliphatic carbocycles. The summed E-state index contributed by atoms with van der Waals surface area (Å²) < 4.78 is 0. The molecule has 0 amide bonds. The normalized spacial score (nSPS) is 12.7. The van der Waals surface area contributed by atoms with E-state index in [2.05, 4.69) is 12.2 Å². The molecule has 2 nitrogen and oxygen atoms in total. The smallest absolute Gasteiger partial charge is 0.0584 e. The Hall–Kier alpha value is -0.0800. The summed E-state index contributed by atoms with van der Waals surface area (Å²) >= 11 is 0. The number of aliphatic hydroxyl groups excluding tert-OH is 1. The molecular weight excluding hydrogens is 258 g/mol. The Morgan fingerprint density at radius 3 is 1.38 bits per heavy atom. The average molecular weight is 300 g/mol. The third-order valence-electron chi connectivity index (χ3n) is 4.53. The second-order valence-corrected chi connectivity index (χ2v) is 6.55. The topological polar surface area (TPSA) is 32.3 Å². The molecule has 0 aliphatic rings. The molecule has 0 saturated heterocycles. The number of unbranched alkanes of at least 4 members (excludes halogenated alkanes) is 13. The highest BCUT2D eigenvalue weighted by atomic mass is 16.3. The van der Waals surface area contributed by atoms with E-state index < -0.39 is 0 Å². The largest absolute Gasteiger partial charge is 0.395 e. The van der Waals surface area contributed by atoms with E-state index in [1.54, 1.807) is 0 Å². The first kappa shape index (κ1) is 20.9. The van der Waals surface area contributed by atoms with Crippen LogP contribution in [0.15, 0.2) is 0 Å². The summed E-state index contributed by atoms with van der Waals surface area (Å²) in [5, 5.41) is 12.2. The molecule has 1 unspecified atom stereocenters. The molecule has 2 N–H and O–H groups in total. The standard InChI is InChI=1S/C19H41NO/c1-3-4-5-6-7-8-9-10-11-12-13-14-15-16-17-19(18-21)20-2/h19-21H,3-18H2,1-2H3. The Kier molecular flexibility index (Phi) is 17.9. The van der Waals surface area contributed by atoms with Crippen LogP contribution in [0.5, 0.6) is 0 Å². The van der Waals surface area contributed by atoms with Gasteiger partial charge in [-0.1, -0.05) is 96.8 Å². The Morgan fingerprint density at radius 1 is 0.667 bits per heavy atom. The van der Waals surface area contributed by atoms with E-state index in [4.69, 9.17) is 5.11 Å². The molecule has 0 radical (unpaired) electrons. The molecule has 0 rings (SSSR count). The molecule has 128 valence electrons. The lowest BCUT2D eigenvalue weighted by molar-refractivity contribution is 0.239. The van der Waals surface area contributed by atoms with Gasteiger partial charge in [-0.2, -0.15) is 0 Å². The predicted molar refractivity (Wildman–Crippen MR) is 94.9 cm³/mol. The van der Waals surface area contributed by atoms with Crippen LogP contribution in [-0.2, 0) is 0 Å². The van der Waals surface area contributed by atoms with Gasteiger partial charge in [-0.05, 0) is 13.5 Å². The van der Waals surface area contributed by atoms with Gasteiger partial charge in [0.05, 0.1) is 6.61 Å². The van der Waals surface area contributed by atoms with Crippen LogP contribution < -0.4 is 5.32 Å². The first-order chi connectivity index (χ1) is 10.3. The summed E-state index contributed by atoms with van der Waals surface area (Å²) in [5.74, 6) is 0. The minimum absolute atomic E-state index is 0.273. The molecule has 21 heavy (non-hydrogen) atoms. The van der Waals surface area contributed by atoms with Crippen molar-refractivity contribution in [2.24, 2.45) is 0 Å². The summed E-state index contributed by atoms with van der Waals surface area (Å²) in [6.45, 7) is 2.56. The van der Waals surface area contributed by atoms with Gasteiger partial charge in [-0.3, -0.25) is 0 Å². The zero-order chi connectivity index (χ0) is 15.6. The molecular formula is C19H41NO. The highest BCUT2D eigenvalue weighted by Crippen LogP contribution is 2.13. The van der Waals surface area contributed by atoms with Crippen LogP contribution in [0.4, 0.5) is 0 Å². The van der Waals surface area contributed by atoms with Crippen molar-refractivity contribution in [3.63, 3.8) is 0 Å². The highest BCUT2D eigenvalue weighted by Gasteiger charge is 2.02. The van der Waals surface area contributed by atoms with E-state index in [0.29, 0.717) is 6.04 Å². The second-order valence-electron chi connectivity index (χ2n) is 6.55. The maximum absolute atomic E-state index is 9.07. The van der Waals surface area contributed by atoms with Crippen molar-refractivity contribution in [2.75, 3.05) is 13.7 Å². The van der Waals surface area contributed by atoms with E-state index >= 15 is 0 Å². The van der Waals surface area contributed by atoms with Gasteiger partial charge in [0.15, 0.2) is 0 Å². The van der Waals surface area contributed by atoms with Gasteiger partial charge in [-0.25, -0.2) is 0 Å². The van der Waals surface area contributed by atoms with Crippen LogP contribution in [0, 0.1) is 0 Å². The third kappa shape index (κ3) is 16.1. The maximum atomic E-state index is 9.07.